The van der Waals surface area contributed by atoms with Crippen LogP contribution in [0.4, 0.5) is 0 Å². The molecular weight excluding hydrogens is 324 g/mol. The van der Waals surface area contributed by atoms with Crippen molar-refractivity contribution in [2.45, 2.75) is 33.4 Å². The molecule has 22 heavy (non-hydrogen) atoms. The van der Waals surface area contributed by atoms with Crippen LogP contribution in [-0.2, 0) is 6.54 Å². The summed E-state index contributed by atoms with van der Waals surface area (Å²) in [6, 6.07) is 3.62. The molecule has 6 nitrogen and oxygen atoms in total. The predicted molar refractivity (Wildman–Crippen MR) is 89.0 cm³/mol. The summed E-state index contributed by atoms with van der Waals surface area (Å²) in [7, 11) is 1.60. The smallest absolute Gasteiger partial charge is 0.214 e. The standard InChI is InChI=1S/C14H19ClN4O2S/c1-8(2)21-13-6-11(15)10(5-12(13)20-4)7-16-19-9(3)17-18-14(19)22/h5-6,8,16H,7H2,1-4H3,(H,18,22). The Balaban J connectivity index is 2.23. The molecule has 0 spiro atoms. The molecule has 2 rings (SSSR count). The highest BCUT2D eigenvalue weighted by molar-refractivity contribution is 7.71. The molecule has 0 aliphatic heterocycles. The zero-order chi connectivity index (χ0) is 16.3. The minimum Gasteiger partial charge on any atom is -0.493 e. The van der Waals surface area contributed by atoms with Gasteiger partial charge in [0, 0.05) is 11.1 Å². The highest BCUT2D eigenvalue weighted by atomic mass is 35.5. The maximum absolute atomic E-state index is 6.33. The highest BCUT2D eigenvalue weighted by Gasteiger charge is 2.12. The van der Waals surface area contributed by atoms with E-state index in [1.807, 2.05) is 26.8 Å². The second-order valence-corrected chi connectivity index (χ2v) is 5.80. The van der Waals surface area contributed by atoms with E-state index in [1.54, 1.807) is 17.9 Å². The van der Waals surface area contributed by atoms with E-state index in [0.29, 0.717) is 27.8 Å². The number of halogens is 1. The third kappa shape index (κ3) is 3.72. The molecule has 0 atom stereocenters. The molecule has 120 valence electrons. The molecule has 0 aliphatic rings. The lowest BCUT2D eigenvalue weighted by molar-refractivity contribution is 0.230. The molecule has 0 saturated heterocycles. The van der Waals surface area contributed by atoms with Gasteiger partial charge in [0.15, 0.2) is 11.5 Å². The average Bonchev–Trinajstić information content (AvgIpc) is 2.77. The van der Waals surface area contributed by atoms with Crippen LogP contribution >= 0.6 is 23.8 Å². The van der Waals surface area contributed by atoms with Crippen LogP contribution in [0.1, 0.15) is 25.2 Å². The first-order valence-electron chi connectivity index (χ1n) is 6.83. The Kier molecular flexibility index (Phi) is 5.31. The molecule has 0 fully saturated rings. The van der Waals surface area contributed by atoms with Crippen molar-refractivity contribution in [3.05, 3.63) is 33.3 Å². The zero-order valence-electron chi connectivity index (χ0n) is 12.9. The third-order valence-electron chi connectivity index (χ3n) is 2.96. The monoisotopic (exact) mass is 342 g/mol. The van der Waals surface area contributed by atoms with Crippen LogP contribution < -0.4 is 14.9 Å². The van der Waals surface area contributed by atoms with Gasteiger partial charge in [-0.1, -0.05) is 11.6 Å². The van der Waals surface area contributed by atoms with Gasteiger partial charge >= 0.3 is 0 Å². The largest absolute Gasteiger partial charge is 0.493 e. The van der Waals surface area contributed by atoms with E-state index >= 15 is 0 Å². The topological polar surface area (TPSA) is 64.1 Å². The number of hydrogen-bond donors (Lipinski definition) is 2. The van der Waals surface area contributed by atoms with Gasteiger partial charge in [0.2, 0.25) is 4.77 Å². The quantitative estimate of drug-likeness (QED) is 0.787. The number of hydrogen-bond acceptors (Lipinski definition) is 5. The first-order valence-corrected chi connectivity index (χ1v) is 7.62. The molecule has 0 amide bonds. The van der Waals surface area contributed by atoms with E-state index in [2.05, 4.69) is 15.6 Å². The van der Waals surface area contributed by atoms with E-state index < -0.39 is 0 Å². The molecule has 0 radical (unpaired) electrons. The second-order valence-electron chi connectivity index (χ2n) is 5.01. The van der Waals surface area contributed by atoms with Crippen molar-refractivity contribution < 1.29 is 9.47 Å². The number of methoxy groups -OCH3 is 1. The SMILES string of the molecule is COc1cc(CNn2c(C)n[nH]c2=S)c(Cl)cc1OC(C)C. The minimum absolute atomic E-state index is 0.0425. The van der Waals surface area contributed by atoms with Crippen LogP contribution in [0.15, 0.2) is 12.1 Å². The van der Waals surface area contributed by atoms with Crippen LogP contribution in [0.5, 0.6) is 11.5 Å². The average molecular weight is 343 g/mol. The van der Waals surface area contributed by atoms with Crippen molar-refractivity contribution in [1.29, 1.82) is 0 Å². The van der Waals surface area contributed by atoms with Crippen molar-refractivity contribution in [2.75, 3.05) is 12.5 Å². The Morgan fingerprint density at radius 3 is 2.68 bits per heavy atom. The minimum atomic E-state index is 0.0425. The first kappa shape index (κ1) is 16.6. The summed E-state index contributed by atoms with van der Waals surface area (Å²) in [5, 5.41) is 7.35. The van der Waals surface area contributed by atoms with E-state index in [-0.39, 0.29) is 6.10 Å². The van der Waals surface area contributed by atoms with Gasteiger partial charge in [-0.25, -0.2) is 4.68 Å². The fourth-order valence-electron chi connectivity index (χ4n) is 1.94. The number of aromatic amines is 1. The molecule has 0 unspecified atom stereocenters. The van der Waals surface area contributed by atoms with E-state index in [4.69, 9.17) is 33.3 Å². The molecule has 1 aromatic carbocycles. The van der Waals surface area contributed by atoms with Gasteiger partial charge in [0.1, 0.15) is 5.82 Å². The lowest BCUT2D eigenvalue weighted by Crippen LogP contribution is -2.16. The molecule has 2 aromatic rings. The fourth-order valence-corrected chi connectivity index (χ4v) is 2.41. The molecule has 0 saturated carbocycles. The number of ether oxygens (including phenoxy) is 2. The summed E-state index contributed by atoms with van der Waals surface area (Å²) in [5.41, 5.74) is 4.04. The second kappa shape index (κ2) is 7.02. The highest BCUT2D eigenvalue weighted by Crippen LogP contribution is 2.34. The van der Waals surface area contributed by atoms with Gasteiger partial charge < -0.3 is 14.9 Å². The van der Waals surface area contributed by atoms with Gasteiger partial charge in [-0.3, -0.25) is 5.10 Å². The molecule has 8 heteroatoms. The normalized spacial score (nSPS) is 10.8. The van der Waals surface area contributed by atoms with Gasteiger partial charge in [0.05, 0.1) is 19.8 Å². The number of rotatable bonds is 6. The van der Waals surface area contributed by atoms with Crippen molar-refractivity contribution in [2.24, 2.45) is 0 Å². The van der Waals surface area contributed by atoms with Crippen LogP contribution in [0.3, 0.4) is 0 Å². The number of aromatic nitrogens is 3. The summed E-state index contributed by atoms with van der Waals surface area (Å²) >= 11 is 11.5. The summed E-state index contributed by atoms with van der Waals surface area (Å²) in [6.45, 7) is 6.23. The van der Waals surface area contributed by atoms with E-state index in [9.17, 15) is 0 Å². The summed E-state index contributed by atoms with van der Waals surface area (Å²) < 4.78 is 13.3. The maximum Gasteiger partial charge on any atom is 0.214 e. The van der Waals surface area contributed by atoms with Gasteiger partial charge in [-0.05, 0) is 44.6 Å². The van der Waals surface area contributed by atoms with Gasteiger partial charge in [0.25, 0.3) is 0 Å². The Morgan fingerprint density at radius 2 is 2.14 bits per heavy atom. The molecule has 1 heterocycles. The van der Waals surface area contributed by atoms with Crippen LogP contribution in [-0.4, -0.2) is 28.1 Å². The number of H-pyrrole nitrogens is 1. The Morgan fingerprint density at radius 1 is 1.41 bits per heavy atom. The number of aryl methyl sites for hydroxylation is 1. The number of nitrogens with one attached hydrogen (secondary N) is 2. The summed E-state index contributed by atoms with van der Waals surface area (Å²) in [5.74, 6) is 2.01. The molecule has 2 N–H and O–H groups in total. The van der Waals surface area contributed by atoms with E-state index in [1.165, 1.54) is 0 Å². The van der Waals surface area contributed by atoms with Crippen molar-refractivity contribution in [1.82, 2.24) is 14.9 Å². The lowest BCUT2D eigenvalue weighted by atomic mass is 10.2. The summed E-state index contributed by atoms with van der Waals surface area (Å²) in [4.78, 5) is 0. The zero-order valence-corrected chi connectivity index (χ0v) is 14.5. The van der Waals surface area contributed by atoms with Gasteiger partial charge in [-0.2, -0.15) is 5.10 Å². The van der Waals surface area contributed by atoms with Crippen molar-refractivity contribution in [3.63, 3.8) is 0 Å². The Hall–Kier alpha value is -1.73. The number of nitrogens with zero attached hydrogens (tertiary/aromatic N) is 2. The first-order chi connectivity index (χ1) is 10.4. The van der Waals surface area contributed by atoms with Crippen molar-refractivity contribution in [3.8, 4) is 11.5 Å². The molecule has 0 aliphatic carbocycles. The molecular formula is C14H19ClN4O2S. The third-order valence-corrected chi connectivity index (χ3v) is 3.59. The maximum atomic E-state index is 6.33. The number of benzene rings is 1. The van der Waals surface area contributed by atoms with Gasteiger partial charge in [-0.15, -0.1) is 0 Å². The van der Waals surface area contributed by atoms with Crippen LogP contribution in [0.25, 0.3) is 0 Å². The van der Waals surface area contributed by atoms with Crippen LogP contribution in [0.2, 0.25) is 5.02 Å². The summed E-state index contributed by atoms with van der Waals surface area (Å²) in [6.07, 6.45) is 0.0425. The fraction of sp³-hybridized carbons (Fsp3) is 0.429. The Bertz CT molecular complexity index is 711. The Labute approximate surface area is 139 Å². The lowest BCUT2D eigenvalue weighted by Gasteiger charge is -2.16. The van der Waals surface area contributed by atoms with Crippen LogP contribution in [0, 0.1) is 11.7 Å². The molecule has 0 bridgehead atoms. The predicted octanol–water partition coefficient (Wildman–Crippen LogP) is 3.44. The molecule has 1 aromatic heterocycles. The van der Waals surface area contributed by atoms with Crippen molar-refractivity contribution >= 4 is 23.8 Å². The van der Waals surface area contributed by atoms with E-state index in [0.717, 1.165) is 11.4 Å².